The number of nitrogens with zero attached hydrogens (tertiary/aromatic N) is 2. The van der Waals surface area contributed by atoms with Gasteiger partial charge in [-0.1, -0.05) is 6.92 Å². The molecule has 2 heterocycles. The van der Waals surface area contributed by atoms with Crippen molar-refractivity contribution in [3.8, 4) is 0 Å². The van der Waals surface area contributed by atoms with Gasteiger partial charge in [0, 0.05) is 12.1 Å². The molecular formula is C27H46N2O2. The second kappa shape index (κ2) is 8.63. The molecule has 31 heavy (non-hydrogen) atoms. The van der Waals surface area contributed by atoms with Crippen molar-refractivity contribution in [2.24, 2.45) is 29.1 Å². The summed E-state index contributed by atoms with van der Waals surface area (Å²) >= 11 is 0. The zero-order valence-corrected chi connectivity index (χ0v) is 20.4. The highest BCUT2D eigenvalue weighted by Gasteiger charge is 2.58. The predicted molar refractivity (Wildman–Crippen MR) is 125 cm³/mol. The van der Waals surface area contributed by atoms with E-state index in [1.54, 1.807) is 0 Å². The lowest BCUT2D eigenvalue weighted by atomic mass is 9.45. The van der Waals surface area contributed by atoms with E-state index < -0.39 is 0 Å². The maximum absolute atomic E-state index is 12.5. The lowest BCUT2D eigenvalue weighted by Crippen LogP contribution is -2.62. The van der Waals surface area contributed by atoms with Gasteiger partial charge in [-0.3, -0.25) is 4.79 Å². The summed E-state index contributed by atoms with van der Waals surface area (Å²) in [6, 6.07) is 0. The average molecular weight is 431 g/mol. The van der Waals surface area contributed by atoms with E-state index in [1.165, 1.54) is 64.3 Å². The van der Waals surface area contributed by atoms with E-state index in [9.17, 15) is 4.79 Å². The Balaban J connectivity index is 1.19. The Morgan fingerprint density at radius 3 is 2.55 bits per heavy atom. The third-order valence-electron chi connectivity index (χ3n) is 11.0. The maximum Gasteiger partial charge on any atom is 0.307 e. The second-order valence-electron chi connectivity index (χ2n) is 12.3. The molecule has 7 atom stereocenters. The minimum absolute atomic E-state index is 0.0489. The lowest BCUT2D eigenvalue weighted by molar-refractivity contribution is -0.166. The smallest absolute Gasteiger partial charge is 0.307 e. The number of esters is 1. The Hall–Kier alpha value is -0.610. The first-order valence-corrected chi connectivity index (χ1v) is 13.5. The monoisotopic (exact) mass is 430 g/mol. The van der Waals surface area contributed by atoms with Gasteiger partial charge in [0.2, 0.25) is 0 Å². The first-order valence-electron chi connectivity index (χ1n) is 13.5. The third kappa shape index (κ3) is 3.98. The van der Waals surface area contributed by atoms with Crippen molar-refractivity contribution in [3.05, 3.63) is 0 Å². The fraction of sp³-hybridized carbons (Fsp3) is 0.963. The van der Waals surface area contributed by atoms with Crippen LogP contribution in [0.15, 0.2) is 0 Å². The number of carbonyl (C=O) groups excluding carboxylic acids is 1. The molecule has 3 saturated carbocycles. The molecule has 0 spiro atoms. The maximum atomic E-state index is 12.5. The summed E-state index contributed by atoms with van der Waals surface area (Å²) in [6.45, 7) is 9.69. The highest BCUT2D eigenvalue weighted by atomic mass is 16.5. The number of hydrogen-bond acceptors (Lipinski definition) is 4. The van der Waals surface area contributed by atoms with Crippen LogP contribution in [0.4, 0.5) is 0 Å². The van der Waals surface area contributed by atoms with Crippen LogP contribution < -0.4 is 0 Å². The molecule has 2 aliphatic heterocycles. The Labute approximate surface area is 190 Å². The standard InChI is InChI=1S/C27H46N2O2/c1-26-13-10-21(31-25(30)12-18-29-16-4-5-17-29)19-20(26)8-9-22-23(26)11-14-27(2)24(22)7-6-15-28(27)3/h20-24H,4-19H2,1-3H3/t20-,21-,22+,23-,24-,26-,27-/m0/s1. The van der Waals surface area contributed by atoms with Crippen molar-refractivity contribution in [2.45, 2.75) is 103 Å². The highest BCUT2D eigenvalue weighted by molar-refractivity contribution is 5.69. The average Bonchev–Trinajstić information content (AvgIpc) is 3.27. The molecule has 3 aliphatic carbocycles. The highest BCUT2D eigenvalue weighted by Crippen LogP contribution is 2.63. The Morgan fingerprint density at radius 2 is 1.74 bits per heavy atom. The van der Waals surface area contributed by atoms with Crippen molar-refractivity contribution >= 4 is 5.97 Å². The minimum atomic E-state index is 0.0489. The number of piperidine rings is 1. The van der Waals surface area contributed by atoms with E-state index >= 15 is 0 Å². The number of rotatable bonds is 4. The van der Waals surface area contributed by atoms with Crippen LogP contribution in [0, 0.1) is 29.1 Å². The Bertz CT molecular complexity index is 662. The molecule has 4 heteroatoms. The number of carbonyl (C=O) groups is 1. The van der Waals surface area contributed by atoms with Crippen LogP contribution in [0.1, 0.15) is 90.9 Å². The van der Waals surface area contributed by atoms with Gasteiger partial charge in [-0.15, -0.1) is 0 Å². The normalized spacial score (nSPS) is 46.1. The van der Waals surface area contributed by atoms with Crippen LogP contribution in [-0.4, -0.2) is 60.6 Å². The van der Waals surface area contributed by atoms with Crippen LogP contribution in [0.3, 0.4) is 0 Å². The van der Waals surface area contributed by atoms with Gasteiger partial charge in [0.15, 0.2) is 0 Å². The summed E-state index contributed by atoms with van der Waals surface area (Å²) in [5.41, 5.74) is 0.906. The summed E-state index contributed by atoms with van der Waals surface area (Å²) < 4.78 is 6.02. The third-order valence-corrected chi connectivity index (χ3v) is 11.0. The molecule has 0 aromatic heterocycles. The topological polar surface area (TPSA) is 32.8 Å². The van der Waals surface area contributed by atoms with Crippen LogP contribution in [0.5, 0.6) is 0 Å². The molecule has 5 aliphatic rings. The van der Waals surface area contributed by atoms with Crippen LogP contribution in [0.2, 0.25) is 0 Å². The van der Waals surface area contributed by atoms with Gasteiger partial charge in [0.1, 0.15) is 6.10 Å². The van der Waals surface area contributed by atoms with E-state index in [-0.39, 0.29) is 12.1 Å². The van der Waals surface area contributed by atoms with Crippen molar-refractivity contribution in [1.82, 2.24) is 9.80 Å². The molecular weight excluding hydrogens is 384 g/mol. The van der Waals surface area contributed by atoms with Crippen molar-refractivity contribution in [3.63, 3.8) is 0 Å². The molecule has 176 valence electrons. The fourth-order valence-corrected chi connectivity index (χ4v) is 8.93. The minimum Gasteiger partial charge on any atom is -0.462 e. The summed E-state index contributed by atoms with van der Waals surface area (Å²) in [5, 5.41) is 0. The molecule has 0 unspecified atom stereocenters. The van der Waals surface area contributed by atoms with Gasteiger partial charge in [-0.25, -0.2) is 0 Å². The molecule has 0 N–H and O–H groups in total. The van der Waals surface area contributed by atoms with Gasteiger partial charge in [-0.05, 0) is 133 Å². The molecule has 0 aromatic carbocycles. The van der Waals surface area contributed by atoms with Crippen molar-refractivity contribution in [1.29, 1.82) is 0 Å². The molecule has 5 fully saturated rings. The SMILES string of the molecule is CN1CCC[C@H]2[C@@H]3CC[C@H]4C[C@@H](OC(=O)CCN5CCCC5)CC[C@]4(C)[C@H]3CC[C@@]21C. The molecule has 0 radical (unpaired) electrons. The Kier molecular flexibility index (Phi) is 6.18. The molecule has 2 saturated heterocycles. The zero-order chi connectivity index (χ0) is 21.6. The van der Waals surface area contributed by atoms with Crippen molar-refractivity contribution < 1.29 is 9.53 Å². The largest absolute Gasteiger partial charge is 0.462 e. The molecule has 0 aromatic rings. The van der Waals surface area contributed by atoms with Crippen LogP contribution in [-0.2, 0) is 9.53 Å². The summed E-state index contributed by atoms with van der Waals surface area (Å²) in [7, 11) is 2.38. The second-order valence-corrected chi connectivity index (χ2v) is 12.3. The number of hydrogen-bond donors (Lipinski definition) is 0. The summed E-state index contributed by atoms with van der Waals surface area (Å²) in [6.07, 6.45) is 15.2. The molecule has 5 rings (SSSR count). The van der Waals surface area contributed by atoms with Gasteiger partial charge >= 0.3 is 5.97 Å². The van der Waals surface area contributed by atoms with Gasteiger partial charge in [0.05, 0.1) is 6.42 Å². The first-order chi connectivity index (χ1) is 14.9. The zero-order valence-electron chi connectivity index (χ0n) is 20.4. The van der Waals surface area contributed by atoms with Gasteiger partial charge < -0.3 is 14.5 Å². The molecule has 0 bridgehead atoms. The fourth-order valence-electron chi connectivity index (χ4n) is 8.93. The number of fused-ring (bicyclic) bond motifs is 5. The van der Waals surface area contributed by atoms with E-state index in [0.29, 0.717) is 17.4 Å². The predicted octanol–water partition coefficient (Wildman–Crippen LogP) is 5.11. The quantitative estimate of drug-likeness (QED) is 0.580. The van der Waals surface area contributed by atoms with E-state index in [1.807, 2.05) is 0 Å². The molecule has 0 amide bonds. The van der Waals surface area contributed by atoms with E-state index in [4.69, 9.17) is 4.74 Å². The van der Waals surface area contributed by atoms with Gasteiger partial charge in [0.25, 0.3) is 0 Å². The van der Waals surface area contributed by atoms with E-state index in [2.05, 4.69) is 30.7 Å². The van der Waals surface area contributed by atoms with E-state index in [0.717, 1.165) is 56.1 Å². The lowest BCUT2D eigenvalue weighted by Gasteiger charge is -2.64. The van der Waals surface area contributed by atoms with Crippen LogP contribution >= 0.6 is 0 Å². The number of ether oxygens (including phenoxy) is 1. The summed E-state index contributed by atoms with van der Waals surface area (Å²) in [5.74, 6) is 3.51. The van der Waals surface area contributed by atoms with Crippen molar-refractivity contribution in [2.75, 3.05) is 33.2 Å². The first kappa shape index (κ1) is 22.2. The molecule has 4 nitrogen and oxygen atoms in total. The Morgan fingerprint density at radius 1 is 0.935 bits per heavy atom. The van der Waals surface area contributed by atoms with Crippen LogP contribution in [0.25, 0.3) is 0 Å². The van der Waals surface area contributed by atoms with Gasteiger partial charge in [-0.2, -0.15) is 0 Å². The summed E-state index contributed by atoms with van der Waals surface area (Å²) in [4.78, 5) is 17.6. The number of likely N-dealkylation sites (tertiary alicyclic amines) is 2.